The van der Waals surface area contributed by atoms with E-state index in [0.717, 1.165) is 11.1 Å². The molecule has 0 saturated carbocycles. The summed E-state index contributed by atoms with van der Waals surface area (Å²) in [5.41, 5.74) is 1.57. The Morgan fingerprint density at radius 2 is 1.73 bits per heavy atom. The molecule has 37 heavy (non-hydrogen) atoms. The van der Waals surface area contributed by atoms with Crippen LogP contribution in [0.4, 0.5) is 0 Å². The van der Waals surface area contributed by atoms with Crippen LogP contribution in [0.1, 0.15) is 29.9 Å². The van der Waals surface area contributed by atoms with Gasteiger partial charge in [0, 0.05) is 46.8 Å². The van der Waals surface area contributed by atoms with Gasteiger partial charge in [-0.25, -0.2) is 0 Å². The number of Topliss-reactive ketones (excluding diaryl/α,β-unsaturated/α-hetero) is 1. The monoisotopic (exact) mass is 523 g/mol. The first-order valence-electron chi connectivity index (χ1n) is 12.3. The van der Waals surface area contributed by atoms with Crippen LogP contribution in [-0.2, 0) is 39.8 Å². The Bertz CT molecular complexity index is 1020. The second-order valence-electron chi connectivity index (χ2n) is 9.62. The summed E-state index contributed by atoms with van der Waals surface area (Å²) in [7, 11) is 4.38. The molecule has 8 atom stereocenters. The fourth-order valence-electron chi connectivity index (χ4n) is 5.74. The normalized spacial score (nSPS) is 35.5. The Labute approximate surface area is 214 Å². The second kappa shape index (κ2) is 10.8. The molecule has 1 aromatic rings. The van der Waals surface area contributed by atoms with Gasteiger partial charge in [-0.1, -0.05) is 0 Å². The van der Waals surface area contributed by atoms with Gasteiger partial charge >= 0.3 is 0 Å². The Balaban J connectivity index is 1.45. The smallest absolute Gasteiger partial charge is 0.254 e. The van der Waals surface area contributed by atoms with Crippen LogP contribution in [-0.4, -0.2) is 111 Å². The molecular formula is C25H33NO11. The molecule has 0 radical (unpaired) electrons. The third kappa shape index (κ3) is 4.71. The lowest BCUT2D eigenvalue weighted by molar-refractivity contribution is -0.325. The Morgan fingerprint density at radius 1 is 1.03 bits per heavy atom. The van der Waals surface area contributed by atoms with E-state index in [1.54, 1.807) is 6.07 Å². The molecule has 2 N–H and O–H groups in total. The van der Waals surface area contributed by atoms with Crippen molar-refractivity contribution >= 4 is 11.7 Å². The molecule has 204 valence electrons. The highest BCUT2D eigenvalue weighted by Crippen LogP contribution is 2.42. The summed E-state index contributed by atoms with van der Waals surface area (Å²) >= 11 is 0. The zero-order chi connectivity index (χ0) is 26.3. The summed E-state index contributed by atoms with van der Waals surface area (Å²) < 4.78 is 39.7. The van der Waals surface area contributed by atoms with Crippen molar-refractivity contribution in [2.24, 2.45) is 0 Å². The first kappa shape index (κ1) is 26.3. The van der Waals surface area contributed by atoms with Gasteiger partial charge in [0.1, 0.15) is 36.3 Å². The van der Waals surface area contributed by atoms with Gasteiger partial charge in [-0.2, -0.15) is 0 Å². The molecule has 2 fully saturated rings. The lowest BCUT2D eigenvalue weighted by atomic mass is 9.86. The lowest BCUT2D eigenvalue weighted by Crippen LogP contribution is -2.62. The SMILES string of the molecule is COC1C(CO)OC(OC2CC(=O)C3CCN(Cc4cc5c(cc43)OCO5)C(=O)C2O)C(OC)C1OC. The maximum Gasteiger partial charge on any atom is 0.254 e. The average Bonchev–Trinajstić information content (AvgIpc) is 3.29. The summed E-state index contributed by atoms with van der Waals surface area (Å²) in [5, 5.41) is 21.0. The molecule has 0 aliphatic carbocycles. The molecule has 1 aromatic carbocycles. The third-order valence-corrected chi connectivity index (χ3v) is 7.66. The van der Waals surface area contributed by atoms with Crippen molar-refractivity contribution in [3.05, 3.63) is 23.3 Å². The fraction of sp³-hybridized carbons (Fsp3) is 0.680. The molecule has 8 unspecified atom stereocenters. The molecule has 4 aliphatic rings. The number of hydrogen-bond donors (Lipinski definition) is 2. The quantitative estimate of drug-likeness (QED) is 0.508. The van der Waals surface area contributed by atoms with Crippen molar-refractivity contribution in [1.29, 1.82) is 0 Å². The molecule has 0 spiro atoms. The number of rotatable bonds is 6. The van der Waals surface area contributed by atoms with E-state index in [0.29, 0.717) is 24.5 Å². The van der Waals surface area contributed by atoms with E-state index >= 15 is 0 Å². The van der Waals surface area contributed by atoms with E-state index in [2.05, 4.69) is 0 Å². The van der Waals surface area contributed by atoms with Crippen molar-refractivity contribution in [2.75, 3.05) is 41.3 Å². The summed E-state index contributed by atoms with van der Waals surface area (Å²) in [6.07, 6.45) is -6.75. The second-order valence-corrected chi connectivity index (χ2v) is 9.62. The van der Waals surface area contributed by atoms with Crippen molar-refractivity contribution in [3.8, 4) is 11.5 Å². The number of fused-ring (bicyclic) bond motifs is 6. The molecule has 4 heterocycles. The van der Waals surface area contributed by atoms with E-state index < -0.39 is 54.7 Å². The van der Waals surface area contributed by atoms with Gasteiger partial charge in [0.15, 0.2) is 23.9 Å². The van der Waals surface area contributed by atoms with E-state index in [4.69, 9.17) is 33.2 Å². The number of methoxy groups -OCH3 is 3. The minimum absolute atomic E-state index is 0.0946. The number of aliphatic hydroxyl groups is 2. The highest BCUT2D eigenvalue weighted by molar-refractivity contribution is 5.90. The Morgan fingerprint density at radius 3 is 2.41 bits per heavy atom. The molecule has 12 nitrogen and oxygen atoms in total. The van der Waals surface area contributed by atoms with Crippen LogP contribution in [0.15, 0.2) is 12.1 Å². The van der Waals surface area contributed by atoms with Gasteiger partial charge in [-0.15, -0.1) is 0 Å². The maximum atomic E-state index is 13.6. The highest BCUT2D eigenvalue weighted by atomic mass is 16.7. The van der Waals surface area contributed by atoms with Crippen LogP contribution in [0.25, 0.3) is 0 Å². The summed E-state index contributed by atoms with van der Waals surface area (Å²) in [5.74, 6) is -0.113. The number of amides is 1. The van der Waals surface area contributed by atoms with Crippen molar-refractivity contribution < 1.29 is 53.0 Å². The van der Waals surface area contributed by atoms with Crippen LogP contribution in [0.5, 0.6) is 11.5 Å². The fourth-order valence-corrected chi connectivity index (χ4v) is 5.74. The highest BCUT2D eigenvalue weighted by Gasteiger charge is 2.50. The van der Waals surface area contributed by atoms with Crippen molar-refractivity contribution in [3.63, 3.8) is 0 Å². The predicted octanol–water partition coefficient (Wildman–Crippen LogP) is -0.288. The predicted molar refractivity (Wildman–Crippen MR) is 124 cm³/mol. The molecule has 1 amide bonds. The number of nitrogens with zero attached hydrogens (tertiary/aromatic N) is 1. The number of ether oxygens (including phenoxy) is 7. The maximum absolute atomic E-state index is 13.6. The van der Waals surface area contributed by atoms with Gasteiger partial charge in [-0.3, -0.25) is 9.59 Å². The Hall–Kier alpha value is -2.32. The van der Waals surface area contributed by atoms with Crippen LogP contribution >= 0.6 is 0 Å². The Kier molecular flexibility index (Phi) is 7.68. The molecule has 12 heteroatoms. The summed E-state index contributed by atoms with van der Waals surface area (Å²) in [6.45, 7) is 0.224. The number of aliphatic hydroxyl groups excluding tert-OH is 2. The molecule has 2 bridgehead atoms. The number of carbonyl (C=O) groups is 2. The molecule has 2 saturated heterocycles. The molecular weight excluding hydrogens is 490 g/mol. The standard InChI is InChI=1S/C25H33NO11/c1-31-21-19(10-27)37-25(23(33-3)22(21)32-2)36-18-8-15(28)13-4-5-26(24(30)20(18)29)9-12-6-16-17(7-14(12)13)35-11-34-16/h6-7,13,18-23,25,27,29H,4-5,8-11H2,1-3H3. The molecule has 0 aromatic heterocycles. The van der Waals surface area contributed by atoms with Crippen LogP contribution in [0.2, 0.25) is 0 Å². The van der Waals surface area contributed by atoms with Crippen LogP contribution in [0, 0.1) is 0 Å². The molecule has 4 aliphatic heterocycles. The van der Waals surface area contributed by atoms with Gasteiger partial charge < -0.3 is 48.3 Å². The number of hydrogen-bond acceptors (Lipinski definition) is 11. The summed E-state index contributed by atoms with van der Waals surface area (Å²) in [6, 6.07) is 3.62. The van der Waals surface area contributed by atoms with Gasteiger partial charge in [-0.05, 0) is 29.7 Å². The number of carbonyl (C=O) groups excluding carboxylic acids is 2. The zero-order valence-electron chi connectivity index (χ0n) is 21.0. The van der Waals surface area contributed by atoms with E-state index in [1.165, 1.54) is 26.2 Å². The summed E-state index contributed by atoms with van der Waals surface area (Å²) in [4.78, 5) is 28.6. The first-order valence-corrected chi connectivity index (χ1v) is 12.3. The van der Waals surface area contributed by atoms with Gasteiger partial charge in [0.2, 0.25) is 6.79 Å². The number of ketones is 1. The van der Waals surface area contributed by atoms with Gasteiger partial charge in [0.25, 0.3) is 5.91 Å². The molecule has 5 rings (SSSR count). The lowest BCUT2D eigenvalue weighted by Gasteiger charge is -2.45. The first-order chi connectivity index (χ1) is 17.9. The van der Waals surface area contributed by atoms with Crippen LogP contribution in [0.3, 0.4) is 0 Å². The van der Waals surface area contributed by atoms with Crippen LogP contribution < -0.4 is 9.47 Å². The van der Waals surface area contributed by atoms with Gasteiger partial charge in [0.05, 0.1) is 6.61 Å². The number of benzene rings is 1. The van der Waals surface area contributed by atoms with E-state index in [9.17, 15) is 19.8 Å². The zero-order valence-corrected chi connectivity index (χ0v) is 21.0. The topological polar surface area (TPSA) is 142 Å². The van der Waals surface area contributed by atoms with Crippen molar-refractivity contribution in [1.82, 2.24) is 4.90 Å². The van der Waals surface area contributed by atoms with E-state index in [1.807, 2.05) is 6.07 Å². The average molecular weight is 524 g/mol. The van der Waals surface area contributed by atoms with Crippen molar-refractivity contribution in [2.45, 2.75) is 68.2 Å². The minimum atomic E-state index is -1.62. The minimum Gasteiger partial charge on any atom is -0.454 e. The largest absolute Gasteiger partial charge is 0.454 e. The van der Waals surface area contributed by atoms with E-state index in [-0.39, 0.29) is 32.1 Å². The third-order valence-electron chi connectivity index (χ3n) is 7.66.